The number of hydrogen-bond acceptors (Lipinski definition) is 4. The summed E-state index contributed by atoms with van der Waals surface area (Å²) >= 11 is 5.82. The molecule has 1 aromatic carbocycles. The zero-order valence-corrected chi connectivity index (χ0v) is 15.1. The number of hydrogen-bond donors (Lipinski definition) is 0. The predicted molar refractivity (Wildman–Crippen MR) is 87.7 cm³/mol. The smallest absolute Gasteiger partial charge is 0.397 e. The molecule has 0 atom stereocenters. The van der Waals surface area contributed by atoms with E-state index in [-0.39, 0.29) is 17.7 Å². The number of benzene rings is 1. The highest BCUT2D eigenvalue weighted by Gasteiger charge is 2.76. The molecule has 0 amide bonds. The van der Waals surface area contributed by atoms with Gasteiger partial charge >= 0.3 is 24.3 Å². The highest BCUT2D eigenvalue weighted by molar-refractivity contribution is 6.30. The Morgan fingerprint density at radius 1 is 1.03 bits per heavy atom. The van der Waals surface area contributed by atoms with Crippen molar-refractivity contribution < 1.29 is 35.1 Å². The van der Waals surface area contributed by atoms with Crippen molar-refractivity contribution in [3.8, 4) is 0 Å². The molecule has 4 nitrogen and oxygen atoms in total. The Hall–Kier alpha value is -2.21. The van der Waals surface area contributed by atoms with Crippen LogP contribution in [0.1, 0.15) is 16.8 Å². The topological polar surface area (TPSA) is 52.1 Å². The summed E-state index contributed by atoms with van der Waals surface area (Å²) in [6, 6.07) is 2.11. The second-order valence-corrected chi connectivity index (χ2v) is 6.23. The van der Waals surface area contributed by atoms with Crippen molar-refractivity contribution in [1.29, 1.82) is 0 Å². The Balaban J connectivity index is 2.41. The number of aryl methyl sites for hydroxylation is 1. The predicted octanol–water partition coefficient (Wildman–Crippen LogP) is 5.46. The summed E-state index contributed by atoms with van der Waals surface area (Å²) in [7, 11) is 0. The summed E-state index contributed by atoms with van der Waals surface area (Å²) in [6.45, 7) is 1.19. The molecule has 0 radical (unpaired) electrons. The lowest BCUT2D eigenvalue weighted by molar-refractivity contribution is -0.336. The van der Waals surface area contributed by atoms with Gasteiger partial charge in [-0.05, 0) is 12.5 Å². The van der Waals surface area contributed by atoms with Gasteiger partial charge in [0.25, 0.3) is 0 Å². The summed E-state index contributed by atoms with van der Waals surface area (Å²) in [5, 5.41) is 9.16. The molecule has 0 unspecified atom stereocenters. The summed E-state index contributed by atoms with van der Waals surface area (Å²) in [5.74, 6) is -14.9. The number of alkyl halides is 8. The van der Waals surface area contributed by atoms with Crippen molar-refractivity contribution >= 4 is 17.5 Å². The molecule has 0 aliphatic heterocycles. The van der Waals surface area contributed by atoms with Crippen LogP contribution in [0.3, 0.4) is 0 Å². The minimum absolute atomic E-state index is 0.0840. The third-order valence-corrected chi connectivity index (χ3v) is 4.20. The standard InChI is InChI=1S/C16H11ClF8N3O/c1-8-10(7-9-5-3-2-4-6-9)11(17)27-13(26-8)28(29)16(24,25)15(22,23)14(20,21)12(18)19/h2-6,12H,7H2,1H3/q-1. The summed E-state index contributed by atoms with van der Waals surface area (Å²) < 4.78 is 105. The van der Waals surface area contributed by atoms with Gasteiger partial charge in [-0.15, -0.1) is 0 Å². The first-order valence-corrected chi connectivity index (χ1v) is 8.07. The van der Waals surface area contributed by atoms with Crippen LogP contribution < -0.4 is 5.06 Å². The van der Waals surface area contributed by atoms with Crippen LogP contribution >= 0.6 is 11.6 Å². The number of hydroxylamine groups is 1. The molecule has 29 heavy (non-hydrogen) atoms. The maximum Gasteiger partial charge on any atom is 0.397 e. The zero-order valence-electron chi connectivity index (χ0n) is 14.3. The van der Waals surface area contributed by atoms with Crippen molar-refractivity contribution in [1.82, 2.24) is 9.97 Å². The van der Waals surface area contributed by atoms with E-state index in [1.807, 2.05) is 0 Å². The van der Waals surface area contributed by atoms with E-state index in [1.54, 1.807) is 30.3 Å². The molecule has 0 aliphatic carbocycles. The fourth-order valence-electron chi connectivity index (χ4n) is 2.23. The van der Waals surface area contributed by atoms with Crippen molar-refractivity contribution in [3.05, 3.63) is 57.5 Å². The molecule has 0 N–H and O–H groups in total. The Bertz CT molecular complexity index is 843. The molecular formula is C16H11ClF8N3O-. The lowest BCUT2D eigenvalue weighted by atomic mass is 10.1. The van der Waals surface area contributed by atoms with Gasteiger partial charge < -0.3 is 10.3 Å². The maximum absolute atomic E-state index is 13.8. The largest absolute Gasteiger partial charge is 0.752 e. The molecule has 13 heteroatoms. The molecule has 160 valence electrons. The molecule has 0 bridgehead atoms. The van der Waals surface area contributed by atoms with Crippen LogP contribution in [0.2, 0.25) is 5.15 Å². The number of aromatic nitrogens is 2. The first-order valence-electron chi connectivity index (χ1n) is 7.69. The molecule has 1 heterocycles. The van der Waals surface area contributed by atoms with E-state index in [1.165, 1.54) is 6.92 Å². The van der Waals surface area contributed by atoms with Crippen LogP contribution in [-0.4, -0.2) is 34.3 Å². The summed E-state index contributed by atoms with van der Waals surface area (Å²) in [6.07, 6.45) is -5.07. The highest BCUT2D eigenvalue weighted by atomic mass is 35.5. The minimum Gasteiger partial charge on any atom is -0.752 e. The third kappa shape index (κ3) is 4.08. The second-order valence-electron chi connectivity index (χ2n) is 5.87. The first kappa shape index (κ1) is 23.1. The molecule has 0 saturated heterocycles. The Labute approximate surface area is 163 Å². The van der Waals surface area contributed by atoms with Gasteiger partial charge in [-0.3, -0.25) is 0 Å². The van der Waals surface area contributed by atoms with Crippen molar-refractivity contribution in [2.75, 3.05) is 5.06 Å². The first-order chi connectivity index (χ1) is 13.2. The fourth-order valence-corrected chi connectivity index (χ4v) is 2.51. The van der Waals surface area contributed by atoms with Gasteiger partial charge in [0, 0.05) is 17.7 Å². The Kier molecular flexibility index (Phi) is 6.29. The van der Waals surface area contributed by atoms with Gasteiger partial charge in [-0.25, -0.2) is 18.7 Å². The van der Waals surface area contributed by atoms with Gasteiger partial charge in [-0.1, -0.05) is 41.9 Å². The van der Waals surface area contributed by atoms with Crippen LogP contribution in [0.15, 0.2) is 30.3 Å². The van der Waals surface area contributed by atoms with Crippen molar-refractivity contribution in [2.45, 2.75) is 37.7 Å². The molecule has 0 saturated carbocycles. The van der Waals surface area contributed by atoms with E-state index < -0.39 is 40.5 Å². The molecular weight excluding hydrogens is 438 g/mol. The van der Waals surface area contributed by atoms with Crippen LogP contribution in [0.5, 0.6) is 0 Å². The molecule has 0 fully saturated rings. The zero-order chi connectivity index (χ0) is 22.2. The van der Waals surface area contributed by atoms with Gasteiger partial charge in [0.05, 0.1) is 0 Å². The third-order valence-electron chi connectivity index (χ3n) is 3.88. The number of rotatable bonds is 7. The lowest BCUT2D eigenvalue weighted by Crippen LogP contribution is -2.63. The van der Waals surface area contributed by atoms with Gasteiger partial charge in [0.15, 0.2) is 0 Å². The second kappa shape index (κ2) is 7.90. The van der Waals surface area contributed by atoms with Crippen molar-refractivity contribution in [3.63, 3.8) is 0 Å². The molecule has 1 aromatic heterocycles. The number of nitrogens with zero attached hydrogens (tertiary/aromatic N) is 3. The average molecular weight is 449 g/mol. The van der Waals surface area contributed by atoms with Crippen LogP contribution in [-0.2, 0) is 6.42 Å². The SMILES string of the molecule is Cc1nc(N([O-])C(F)(F)C(F)(F)C(F)(F)C(F)F)nc(Cl)c1Cc1ccccc1. The normalized spacial score (nSPS) is 13.1. The van der Waals surface area contributed by atoms with E-state index in [9.17, 15) is 40.3 Å². The molecule has 0 aliphatic rings. The average Bonchev–Trinajstić information content (AvgIpc) is 2.64. The Morgan fingerprint density at radius 3 is 2.07 bits per heavy atom. The summed E-state index contributed by atoms with van der Waals surface area (Å²) in [4.78, 5) is 6.47. The van der Waals surface area contributed by atoms with Crippen LogP contribution in [0.25, 0.3) is 0 Å². The van der Waals surface area contributed by atoms with Gasteiger partial charge in [0.1, 0.15) is 5.15 Å². The van der Waals surface area contributed by atoms with E-state index in [0.29, 0.717) is 5.56 Å². The molecule has 0 spiro atoms. The monoisotopic (exact) mass is 448 g/mol. The quantitative estimate of drug-likeness (QED) is 0.244. The number of halogens is 9. The molecule has 2 rings (SSSR count). The highest BCUT2D eigenvalue weighted by Crippen LogP contribution is 2.50. The Morgan fingerprint density at radius 2 is 1.59 bits per heavy atom. The fraction of sp³-hybridized carbons (Fsp3) is 0.375. The van der Waals surface area contributed by atoms with E-state index >= 15 is 0 Å². The van der Waals surface area contributed by atoms with Gasteiger partial charge in [0.2, 0.25) is 5.95 Å². The maximum atomic E-state index is 13.8. The molecule has 2 aromatic rings. The van der Waals surface area contributed by atoms with E-state index in [0.717, 1.165) is 0 Å². The van der Waals surface area contributed by atoms with Crippen LogP contribution in [0, 0.1) is 12.1 Å². The van der Waals surface area contributed by atoms with E-state index in [2.05, 4.69) is 9.97 Å². The van der Waals surface area contributed by atoms with Gasteiger partial charge in [-0.2, -0.15) is 26.3 Å². The summed E-state index contributed by atoms with van der Waals surface area (Å²) in [5.41, 5.74) is 0.661. The van der Waals surface area contributed by atoms with Crippen LogP contribution in [0.4, 0.5) is 41.1 Å². The van der Waals surface area contributed by atoms with E-state index in [4.69, 9.17) is 11.6 Å². The lowest BCUT2D eigenvalue weighted by Gasteiger charge is -2.42. The minimum atomic E-state index is -6.73. The van der Waals surface area contributed by atoms with Crippen molar-refractivity contribution in [2.24, 2.45) is 0 Å². The number of anilines is 1.